The van der Waals surface area contributed by atoms with E-state index in [1.54, 1.807) is 6.07 Å². The number of nitrogens with one attached hydrogen (secondary N) is 3. The molecule has 4 rings (SSSR count). The Morgan fingerprint density at radius 1 is 0.917 bits per heavy atom. The fraction of sp³-hybridized carbons (Fsp3) is 0.556. The van der Waals surface area contributed by atoms with E-state index >= 15 is 0 Å². The van der Waals surface area contributed by atoms with Crippen molar-refractivity contribution in [3.63, 3.8) is 0 Å². The molecule has 1 aromatic carbocycles. The molecule has 2 aromatic rings. The van der Waals surface area contributed by atoms with Crippen LogP contribution in [-0.2, 0) is 9.59 Å². The topological polar surface area (TPSA) is 102 Å². The van der Waals surface area contributed by atoms with E-state index in [2.05, 4.69) is 35.7 Å². The molecule has 2 aliphatic rings. The molecule has 9 heteroatoms. The minimum atomic E-state index is -0.0766. The number of carbonyl (C=O) groups is 2. The van der Waals surface area contributed by atoms with Crippen LogP contribution in [0.5, 0.6) is 0 Å². The summed E-state index contributed by atoms with van der Waals surface area (Å²) in [5.74, 6) is 2.30. The van der Waals surface area contributed by atoms with Gasteiger partial charge in [0.25, 0.3) is 0 Å². The minimum absolute atomic E-state index is 0.0716. The second-order valence-corrected chi connectivity index (χ2v) is 9.87. The molecule has 9 nitrogen and oxygen atoms in total. The molecule has 1 saturated heterocycles. The largest absolute Gasteiger partial charge is 0.368 e. The maximum atomic E-state index is 12.9. The van der Waals surface area contributed by atoms with Gasteiger partial charge in [0.15, 0.2) is 5.82 Å². The van der Waals surface area contributed by atoms with Gasteiger partial charge in [-0.3, -0.25) is 14.5 Å². The highest BCUT2D eigenvalue weighted by molar-refractivity contribution is 5.92. The number of carbonyl (C=O) groups excluding carboxylic acids is 2. The number of amides is 2. The SMILES string of the molecule is CC(=O)NCCNc1cc(NC(=O)CN2CCN(CC3CCCCC3)CC2)nc(-c2ccccc2)n1. The van der Waals surface area contributed by atoms with Crippen molar-refractivity contribution in [1.29, 1.82) is 0 Å². The summed E-state index contributed by atoms with van der Waals surface area (Å²) < 4.78 is 0. The van der Waals surface area contributed by atoms with E-state index in [0.29, 0.717) is 37.1 Å². The molecule has 1 aliphatic carbocycles. The van der Waals surface area contributed by atoms with Crippen LogP contribution in [0.1, 0.15) is 39.0 Å². The lowest BCUT2D eigenvalue weighted by atomic mass is 9.89. The average Bonchev–Trinajstić information content (AvgIpc) is 2.89. The van der Waals surface area contributed by atoms with Crippen molar-refractivity contribution in [2.24, 2.45) is 5.92 Å². The van der Waals surface area contributed by atoms with Gasteiger partial charge in [-0.25, -0.2) is 9.97 Å². The van der Waals surface area contributed by atoms with E-state index in [-0.39, 0.29) is 11.8 Å². The summed E-state index contributed by atoms with van der Waals surface area (Å²) in [5.41, 5.74) is 0.868. The Morgan fingerprint density at radius 3 is 2.33 bits per heavy atom. The molecular formula is C27H39N7O2. The van der Waals surface area contributed by atoms with Gasteiger partial charge in [-0.1, -0.05) is 49.6 Å². The van der Waals surface area contributed by atoms with Gasteiger partial charge < -0.3 is 20.9 Å². The fourth-order valence-corrected chi connectivity index (χ4v) is 5.00. The Morgan fingerprint density at radius 2 is 1.61 bits per heavy atom. The number of benzene rings is 1. The van der Waals surface area contributed by atoms with Crippen molar-refractivity contribution in [2.75, 3.05) is 63.0 Å². The zero-order valence-electron chi connectivity index (χ0n) is 21.3. The van der Waals surface area contributed by atoms with E-state index in [1.807, 2.05) is 30.3 Å². The quantitative estimate of drug-likeness (QED) is 0.438. The third-order valence-corrected chi connectivity index (χ3v) is 6.90. The van der Waals surface area contributed by atoms with E-state index in [4.69, 9.17) is 0 Å². The molecule has 3 N–H and O–H groups in total. The van der Waals surface area contributed by atoms with Crippen molar-refractivity contribution in [2.45, 2.75) is 39.0 Å². The molecular weight excluding hydrogens is 454 g/mol. The Hall–Kier alpha value is -3.04. The van der Waals surface area contributed by atoms with E-state index in [1.165, 1.54) is 45.6 Å². The molecule has 0 atom stereocenters. The predicted molar refractivity (Wildman–Crippen MR) is 143 cm³/mol. The van der Waals surface area contributed by atoms with Crippen LogP contribution in [0.4, 0.5) is 11.6 Å². The summed E-state index contributed by atoms with van der Waals surface area (Å²) >= 11 is 0. The first-order valence-electron chi connectivity index (χ1n) is 13.2. The molecule has 1 saturated carbocycles. The van der Waals surface area contributed by atoms with Crippen molar-refractivity contribution in [1.82, 2.24) is 25.1 Å². The monoisotopic (exact) mass is 493 g/mol. The molecule has 0 spiro atoms. The highest BCUT2D eigenvalue weighted by atomic mass is 16.2. The maximum absolute atomic E-state index is 12.9. The third-order valence-electron chi connectivity index (χ3n) is 6.90. The van der Waals surface area contributed by atoms with Crippen LogP contribution >= 0.6 is 0 Å². The van der Waals surface area contributed by atoms with Crippen molar-refractivity contribution in [3.8, 4) is 11.4 Å². The lowest BCUT2D eigenvalue weighted by Gasteiger charge is -2.36. The maximum Gasteiger partial charge on any atom is 0.239 e. The molecule has 1 aliphatic heterocycles. The molecule has 194 valence electrons. The second kappa shape index (κ2) is 13.3. The van der Waals surface area contributed by atoms with E-state index < -0.39 is 0 Å². The highest BCUT2D eigenvalue weighted by Crippen LogP contribution is 2.25. The van der Waals surface area contributed by atoms with Gasteiger partial charge >= 0.3 is 0 Å². The average molecular weight is 494 g/mol. The molecule has 0 radical (unpaired) electrons. The Kier molecular flexibility index (Phi) is 9.63. The summed E-state index contributed by atoms with van der Waals surface area (Å²) in [5, 5.41) is 8.94. The molecule has 36 heavy (non-hydrogen) atoms. The zero-order chi connectivity index (χ0) is 25.2. The van der Waals surface area contributed by atoms with Crippen LogP contribution < -0.4 is 16.0 Å². The van der Waals surface area contributed by atoms with Crippen LogP contribution in [0.25, 0.3) is 11.4 Å². The number of piperazine rings is 1. The van der Waals surface area contributed by atoms with E-state index in [9.17, 15) is 9.59 Å². The summed E-state index contributed by atoms with van der Waals surface area (Å²) in [4.78, 5) is 38.0. The number of hydrogen-bond acceptors (Lipinski definition) is 7. The summed E-state index contributed by atoms with van der Waals surface area (Å²) in [6.45, 7) is 7.92. The molecule has 2 fully saturated rings. The van der Waals surface area contributed by atoms with Crippen molar-refractivity contribution < 1.29 is 9.59 Å². The summed E-state index contributed by atoms with van der Waals surface area (Å²) in [6.07, 6.45) is 6.90. The van der Waals surface area contributed by atoms with Crippen LogP contribution in [0, 0.1) is 5.92 Å². The van der Waals surface area contributed by atoms with Crippen molar-refractivity contribution >= 4 is 23.5 Å². The first kappa shape index (κ1) is 26.0. The standard InChI is InChI=1S/C27H39N7O2/c1-21(35)28-12-13-29-24-18-25(32-27(31-24)23-10-6-3-7-11-23)30-26(36)20-34-16-14-33(15-17-34)19-22-8-4-2-5-9-22/h3,6-7,10-11,18,22H,2,4-5,8-9,12-17,19-20H2,1H3,(H,28,35)(H2,29,30,31,32,36). The predicted octanol–water partition coefficient (Wildman–Crippen LogP) is 2.83. The van der Waals surface area contributed by atoms with Crippen molar-refractivity contribution in [3.05, 3.63) is 36.4 Å². The first-order chi connectivity index (χ1) is 17.5. The number of nitrogens with zero attached hydrogens (tertiary/aromatic N) is 4. The minimum Gasteiger partial charge on any atom is -0.368 e. The number of rotatable bonds is 10. The van der Waals surface area contributed by atoms with Crippen LogP contribution in [0.3, 0.4) is 0 Å². The number of aromatic nitrogens is 2. The third kappa shape index (κ3) is 8.27. The van der Waals surface area contributed by atoms with Gasteiger partial charge in [0, 0.05) is 64.4 Å². The number of anilines is 2. The smallest absolute Gasteiger partial charge is 0.239 e. The fourth-order valence-electron chi connectivity index (χ4n) is 5.00. The molecule has 1 aromatic heterocycles. The van der Waals surface area contributed by atoms with Gasteiger partial charge in [-0.15, -0.1) is 0 Å². The Balaban J connectivity index is 1.31. The van der Waals surface area contributed by atoms with Gasteiger partial charge in [-0.05, 0) is 18.8 Å². The first-order valence-corrected chi connectivity index (χ1v) is 13.2. The van der Waals surface area contributed by atoms with Gasteiger partial charge in [0.1, 0.15) is 11.6 Å². The second-order valence-electron chi connectivity index (χ2n) is 9.87. The summed E-state index contributed by atoms with van der Waals surface area (Å²) in [6, 6.07) is 11.4. The molecule has 2 amide bonds. The van der Waals surface area contributed by atoms with Gasteiger partial charge in [-0.2, -0.15) is 0 Å². The van der Waals surface area contributed by atoms with E-state index in [0.717, 1.165) is 37.7 Å². The van der Waals surface area contributed by atoms with Gasteiger partial charge in [0.05, 0.1) is 6.54 Å². The van der Waals surface area contributed by atoms with Crippen LogP contribution in [0.15, 0.2) is 36.4 Å². The molecule has 2 heterocycles. The van der Waals surface area contributed by atoms with Gasteiger partial charge in [0.2, 0.25) is 11.8 Å². The zero-order valence-corrected chi connectivity index (χ0v) is 21.3. The summed E-state index contributed by atoms with van der Waals surface area (Å²) in [7, 11) is 0. The highest BCUT2D eigenvalue weighted by Gasteiger charge is 2.23. The Bertz CT molecular complexity index is 987. The lowest BCUT2D eigenvalue weighted by Crippen LogP contribution is -2.49. The van der Waals surface area contributed by atoms with Crippen LogP contribution in [0.2, 0.25) is 0 Å². The normalized spacial score (nSPS) is 17.5. The van der Waals surface area contributed by atoms with Crippen LogP contribution in [-0.4, -0.2) is 83.9 Å². The number of hydrogen-bond donors (Lipinski definition) is 3. The molecule has 0 unspecified atom stereocenters. The lowest BCUT2D eigenvalue weighted by molar-refractivity contribution is -0.119. The molecule has 0 bridgehead atoms. The Labute approximate surface area is 214 Å².